The molecule has 0 spiro atoms. The van der Waals surface area contributed by atoms with Gasteiger partial charge in [0.1, 0.15) is 6.54 Å². The molecule has 9 nitrogen and oxygen atoms in total. The van der Waals surface area contributed by atoms with Crippen LogP contribution in [0, 0.1) is 0 Å². The van der Waals surface area contributed by atoms with Gasteiger partial charge in [-0.2, -0.15) is 0 Å². The number of nitrogens with zero attached hydrogens (tertiary/aromatic N) is 5. The van der Waals surface area contributed by atoms with Gasteiger partial charge >= 0.3 is 11.7 Å². The van der Waals surface area contributed by atoms with E-state index in [0.29, 0.717) is 23.5 Å². The minimum absolute atomic E-state index is 0.0453. The lowest BCUT2D eigenvalue weighted by Crippen LogP contribution is -2.22. The Balaban J connectivity index is 1.68. The molecule has 0 aliphatic carbocycles. The third kappa shape index (κ3) is 3.12. The summed E-state index contributed by atoms with van der Waals surface area (Å²) < 4.78 is 13.0. The first-order chi connectivity index (χ1) is 11.2. The Kier molecular flexibility index (Phi) is 4.18. The molecule has 3 rings (SSSR count). The van der Waals surface area contributed by atoms with E-state index in [-0.39, 0.29) is 13.2 Å². The molecule has 9 heteroatoms. The number of benzene rings is 1. The van der Waals surface area contributed by atoms with Gasteiger partial charge in [0.15, 0.2) is 18.0 Å². The zero-order valence-corrected chi connectivity index (χ0v) is 12.5. The molecule has 0 radical (unpaired) electrons. The first kappa shape index (κ1) is 14.9. The lowest BCUT2D eigenvalue weighted by Gasteiger charge is -2.05. The van der Waals surface area contributed by atoms with E-state index in [1.165, 1.54) is 4.57 Å². The molecule has 0 saturated heterocycles. The molecule has 0 amide bonds. The van der Waals surface area contributed by atoms with Gasteiger partial charge in [-0.1, -0.05) is 19.1 Å². The predicted molar refractivity (Wildman–Crippen MR) is 78.4 cm³/mol. The zero-order chi connectivity index (χ0) is 16.2. The van der Waals surface area contributed by atoms with Crippen LogP contribution in [-0.2, 0) is 29.2 Å². The average Bonchev–Trinajstić information content (AvgIpc) is 3.11. The van der Waals surface area contributed by atoms with E-state index in [1.54, 1.807) is 28.9 Å². The zero-order valence-electron chi connectivity index (χ0n) is 12.5. The van der Waals surface area contributed by atoms with Gasteiger partial charge in [0.2, 0.25) is 0 Å². The van der Waals surface area contributed by atoms with Crippen molar-refractivity contribution in [3.8, 4) is 0 Å². The molecule has 0 atom stereocenters. The van der Waals surface area contributed by atoms with Gasteiger partial charge in [-0.3, -0.25) is 9.36 Å². The smallest absolute Gasteiger partial charge is 0.420 e. The number of aryl methyl sites for hydroxylation is 1. The van der Waals surface area contributed by atoms with Gasteiger partial charge < -0.3 is 9.15 Å². The number of fused-ring (bicyclic) bond motifs is 1. The van der Waals surface area contributed by atoms with Crippen molar-refractivity contribution in [2.45, 2.75) is 33.0 Å². The Morgan fingerprint density at radius 1 is 1.35 bits per heavy atom. The van der Waals surface area contributed by atoms with E-state index in [9.17, 15) is 9.59 Å². The second-order valence-electron chi connectivity index (χ2n) is 4.90. The Hall–Kier alpha value is -2.97. The summed E-state index contributed by atoms with van der Waals surface area (Å²) in [7, 11) is 0. The van der Waals surface area contributed by atoms with E-state index in [2.05, 4.69) is 15.5 Å². The fourth-order valence-electron chi connectivity index (χ4n) is 2.20. The molecule has 23 heavy (non-hydrogen) atoms. The van der Waals surface area contributed by atoms with Gasteiger partial charge in [-0.05, 0) is 29.0 Å². The Morgan fingerprint density at radius 3 is 3.00 bits per heavy atom. The highest BCUT2D eigenvalue weighted by Crippen LogP contribution is 2.11. The van der Waals surface area contributed by atoms with E-state index >= 15 is 0 Å². The minimum atomic E-state index is -0.598. The van der Waals surface area contributed by atoms with Crippen molar-refractivity contribution in [2.75, 3.05) is 0 Å². The van der Waals surface area contributed by atoms with Gasteiger partial charge in [-0.15, -0.1) is 5.10 Å². The second kappa shape index (κ2) is 6.42. The summed E-state index contributed by atoms with van der Waals surface area (Å²) in [5.41, 5.74) is 0.974. The maximum Gasteiger partial charge on any atom is 0.420 e. The molecule has 3 aromatic rings. The molecule has 0 unspecified atom stereocenters. The summed E-state index contributed by atoms with van der Waals surface area (Å²) in [5, 5.41) is 11.2. The van der Waals surface area contributed by atoms with Crippen LogP contribution >= 0.6 is 0 Å². The van der Waals surface area contributed by atoms with Gasteiger partial charge in [0.05, 0.1) is 5.52 Å². The molecule has 120 valence electrons. The van der Waals surface area contributed by atoms with Crippen molar-refractivity contribution < 1.29 is 13.9 Å². The highest BCUT2D eigenvalue weighted by molar-refractivity contribution is 5.76. The maximum atomic E-state index is 12.0. The number of rotatable bonds is 6. The van der Waals surface area contributed by atoms with E-state index in [0.717, 1.165) is 6.42 Å². The van der Waals surface area contributed by atoms with Crippen LogP contribution in [0.2, 0.25) is 0 Å². The number of hydrogen-bond acceptors (Lipinski definition) is 7. The highest BCUT2D eigenvalue weighted by Gasteiger charge is 2.14. The number of ether oxygens (including phenoxy) is 1. The summed E-state index contributed by atoms with van der Waals surface area (Å²) in [6.07, 6.45) is 0.863. The first-order valence-corrected chi connectivity index (χ1v) is 7.18. The fraction of sp³-hybridized carbons (Fsp3) is 0.357. The Bertz CT molecular complexity index is 879. The summed E-state index contributed by atoms with van der Waals surface area (Å²) in [5.74, 6) is -0.701. The van der Waals surface area contributed by atoms with Crippen LogP contribution in [0.5, 0.6) is 0 Å². The highest BCUT2D eigenvalue weighted by atomic mass is 16.5. The predicted octanol–water partition coefficient (Wildman–Crippen LogP) is 0.734. The number of esters is 1. The summed E-state index contributed by atoms with van der Waals surface area (Å²) >= 11 is 0. The molecule has 0 saturated carbocycles. The van der Waals surface area contributed by atoms with Crippen molar-refractivity contribution in [3.05, 3.63) is 40.6 Å². The van der Waals surface area contributed by atoms with Crippen molar-refractivity contribution in [3.63, 3.8) is 0 Å². The SMILES string of the molecule is CCCn1nnnc1COC(=O)Cn1c(=O)oc2ccccc21. The van der Waals surface area contributed by atoms with Gasteiger partial charge in [0, 0.05) is 6.54 Å². The van der Waals surface area contributed by atoms with E-state index in [4.69, 9.17) is 9.15 Å². The largest absolute Gasteiger partial charge is 0.456 e. The third-order valence-corrected chi connectivity index (χ3v) is 3.26. The number of para-hydroxylation sites is 2. The molecule has 0 N–H and O–H groups in total. The molecule has 0 fully saturated rings. The van der Waals surface area contributed by atoms with Crippen molar-refractivity contribution in [2.24, 2.45) is 0 Å². The Morgan fingerprint density at radius 2 is 2.17 bits per heavy atom. The van der Waals surface area contributed by atoms with Crippen LogP contribution in [0.3, 0.4) is 0 Å². The molecule has 1 aromatic carbocycles. The van der Waals surface area contributed by atoms with Crippen molar-refractivity contribution in [1.29, 1.82) is 0 Å². The monoisotopic (exact) mass is 317 g/mol. The standard InChI is InChI=1S/C14H15N5O4/c1-2-7-19-12(15-16-17-19)9-22-13(20)8-18-10-5-3-4-6-11(10)23-14(18)21/h3-6H,2,7-9H2,1H3. The van der Waals surface area contributed by atoms with Gasteiger partial charge in [0.25, 0.3) is 0 Å². The average molecular weight is 317 g/mol. The first-order valence-electron chi connectivity index (χ1n) is 7.18. The van der Waals surface area contributed by atoms with Crippen LogP contribution in [0.25, 0.3) is 11.1 Å². The quantitative estimate of drug-likeness (QED) is 0.617. The second-order valence-corrected chi connectivity index (χ2v) is 4.90. The summed E-state index contributed by atoms with van der Waals surface area (Å²) in [6, 6.07) is 6.88. The van der Waals surface area contributed by atoms with E-state index in [1.807, 2.05) is 6.92 Å². The lowest BCUT2D eigenvalue weighted by atomic mass is 10.3. The number of tetrazole rings is 1. The van der Waals surface area contributed by atoms with Gasteiger partial charge in [-0.25, -0.2) is 9.48 Å². The Labute approximate surface area is 130 Å². The normalized spacial score (nSPS) is 11.0. The number of oxazole rings is 1. The summed E-state index contributed by atoms with van der Waals surface area (Å²) in [4.78, 5) is 23.8. The molecule has 0 bridgehead atoms. The van der Waals surface area contributed by atoms with Crippen LogP contribution in [-0.4, -0.2) is 30.7 Å². The molecule has 0 aliphatic rings. The number of carbonyl (C=O) groups is 1. The third-order valence-electron chi connectivity index (χ3n) is 3.26. The number of hydrogen-bond donors (Lipinski definition) is 0. The van der Waals surface area contributed by atoms with Crippen LogP contribution in [0.4, 0.5) is 0 Å². The molecule has 2 aromatic heterocycles. The lowest BCUT2D eigenvalue weighted by molar-refractivity contribution is -0.146. The molecule has 0 aliphatic heterocycles. The summed E-state index contributed by atoms with van der Waals surface area (Å²) in [6.45, 7) is 2.36. The molecular weight excluding hydrogens is 302 g/mol. The van der Waals surface area contributed by atoms with Crippen LogP contribution in [0.15, 0.2) is 33.5 Å². The topological polar surface area (TPSA) is 105 Å². The molecular formula is C14H15N5O4. The maximum absolute atomic E-state index is 12.0. The minimum Gasteiger partial charge on any atom is -0.456 e. The van der Waals surface area contributed by atoms with Crippen LogP contribution < -0.4 is 5.76 Å². The van der Waals surface area contributed by atoms with Crippen molar-refractivity contribution in [1.82, 2.24) is 24.8 Å². The van der Waals surface area contributed by atoms with Crippen LogP contribution in [0.1, 0.15) is 19.2 Å². The van der Waals surface area contributed by atoms with Crippen molar-refractivity contribution >= 4 is 17.1 Å². The number of aromatic nitrogens is 5. The number of carbonyl (C=O) groups excluding carboxylic acids is 1. The fourth-order valence-corrected chi connectivity index (χ4v) is 2.20. The molecule has 2 heterocycles. The van der Waals surface area contributed by atoms with E-state index < -0.39 is 11.7 Å².